The third-order valence-corrected chi connectivity index (χ3v) is 5.12. The maximum absolute atomic E-state index is 12.6. The molecule has 0 aliphatic carbocycles. The quantitative estimate of drug-likeness (QED) is 0.453. The van der Waals surface area contributed by atoms with Gasteiger partial charge in [0.2, 0.25) is 5.88 Å². The molecule has 7 nitrogen and oxygen atoms in total. The van der Waals surface area contributed by atoms with Gasteiger partial charge >= 0.3 is 0 Å². The number of nitrogen functional groups attached to an aromatic ring is 1. The molecule has 2 heterocycles. The van der Waals surface area contributed by atoms with Crippen molar-refractivity contribution in [1.82, 2.24) is 10.1 Å². The molecule has 1 unspecified atom stereocenters. The van der Waals surface area contributed by atoms with Gasteiger partial charge < -0.3 is 20.7 Å². The smallest absolute Gasteiger partial charge is 0.259 e. The van der Waals surface area contributed by atoms with Crippen LogP contribution in [0.25, 0.3) is 22.2 Å². The zero-order chi connectivity index (χ0) is 22.2. The van der Waals surface area contributed by atoms with Crippen LogP contribution in [-0.4, -0.2) is 21.2 Å². The van der Waals surface area contributed by atoms with Crippen LogP contribution in [0.15, 0.2) is 65.2 Å². The first-order valence-corrected chi connectivity index (χ1v) is 9.94. The number of anilines is 2. The number of hydrogen-bond acceptors (Lipinski definition) is 6. The molecular formula is C24H24N4O3. The molecule has 1 atom stereocenters. The average Bonchev–Trinajstić information content (AvgIpc) is 3.13. The lowest BCUT2D eigenvalue weighted by Gasteiger charge is -2.19. The van der Waals surface area contributed by atoms with Crippen LogP contribution in [0.5, 0.6) is 0 Å². The summed E-state index contributed by atoms with van der Waals surface area (Å²) in [6.07, 6.45) is -1.42. The molecule has 0 saturated heterocycles. The molecule has 31 heavy (non-hydrogen) atoms. The molecule has 2 aromatic heterocycles. The van der Waals surface area contributed by atoms with E-state index in [-0.39, 0.29) is 17.0 Å². The van der Waals surface area contributed by atoms with Gasteiger partial charge in [0.05, 0.1) is 16.8 Å². The fourth-order valence-corrected chi connectivity index (χ4v) is 3.29. The summed E-state index contributed by atoms with van der Waals surface area (Å²) in [6.45, 7) is 6.47. The molecule has 4 rings (SSSR count). The Morgan fingerprint density at radius 2 is 1.84 bits per heavy atom. The van der Waals surface area contributed by atoms with E-state index in [2.05, 4.69) is 48.4 Å². The zero-order valence-corrected chi connectivity index (χ0v) is 17.6. The number of nitrogens with one attached hydrogen (secondary N) is 1. The first-order chi connectivity index (χ1) is 14.7. The number of aliphatic hydroxyl groups excluding tert-OH is 1. The summed E-state index contributed by atoms with van der Waals surface area (Å²) in [5.74, 6) is -0.381. The molecule has 7 heteroatoms. The second kappa shape index (κ2) is 7.85. The van der Waals surface area contributed by atoms with Crippen LogP contribution in [0, 0.1) is 0 Å². The molecule has 0 radical (unpaired) electrons. The number of rotatable bonds is 4. The van der Waals surface area contributed by atoms with Crippen LogP contribution in [0.2, 0.25) is 0 Å². The molecule has 158 valence electrons. The maximum Gasteiger partial charge on any atom is 0.259 e. The molecule has 1 amide bonds. The zero-order valence-electron chi connectivity index (χ0n) is 17.6. The Morgan fingerprint density at radius 1 is 1.10 bits per heavy atom. The monoisotopic (exact) mass is 416 g/mol. The van der Waals surface area contributed by atoms with Gasteiger partial charge in [-0.05, 0) is 41.3 Å². The number of fused-ring (bicyclic) bond motifs is 1. The number of nitrogens with zero attached hydrogens (tertiary/aromatic N) is 2. The van der Waals surface area contributed by atoms with E-state index in [9.17, 15) is 9.90 Å². The Kier molecular flexibility index (Phi) is 5.20. The highest BCUT2D eigenvalue weighted by atomic mass is 16.5. The van der Waals surface area contributed by atoms with E-state index < -0.39 is 12.0 Å². The van der Waals surface area contributed by atoms with Gasteiger partial charge in [0.1, 0.15) is 5.52 Å². The maximum atomic E-state index is 12.6. The number of carbonyl (C=O) groups is 1. The number of pyridine rings is 1. The first kappa shape index (κ1) is 20.6. The molecule has 0 aliphatic rings. The van der Waals surface area contributed by atoms with Gasteiger partial charge in [0.15, 0.2) is 6.10 Å². The van der Waals surface area contributed by atoms with E-state index in [0.29, 0.717) is 22.3 Å². The first-order valence-electron chi connectivity index (χ1n) is 9.94. The van der Waals surface area contributed by atoms with Crippen LogP contribution < -0.4 is 11.1 Å². The molecule has 4 aromatic rings. The second-order valence-electron chi connectivity index (χ2n) is 8.45. The number of aliphatic hydroxyl groups is 1. The van der Waals surface area contributed by atoms with Gasteiger partial charge in [-0.25, -0.2) is 4.98 Å². The van der Waals surface area contributed by atoms with Crippen molar-refractivity contribution in [3.8, 4) is 11.3 Å². The summed E-state index contributed by atoms with van der Waals surface area (Å²) < 4.78 is 4.93. The molecule has 0 spiro atoms. The summed E-state index contributed by atoms with van der Waals surface area (Å²) >= 11 is 0. The fraction of sp³-hybridized carbons (Fsp3) is 0.208. The summed E-state index contributed by atoms with van der Waals surface area (Å²) in [6, 6.07) is 18.4. The van der Waals surface area contributed by atoms with Crippen molar-refractivity contribution in [2.45, 2.75) is 32.3 Å². The number of nitrogens with two attached hydrogens (primary N) is 1. The van der Waals surface area contributed by atoms with Gasteiger partial charge in [-0.15, -0.1) is 0 Å². The molecule has 2 aromatic carbocycles. The molecular weight excluding hydrogens is 392 g/mol. The van der Waals surface area contributed by atoms with Crippen molar-refractivity contribution in [3.63, 3.8) is 0 Å². The third kappa shape index (κ3) is 4.27. The van der Waals surface area contributed by atoms with E-state index in [1.807, 2.05) is 18.2 Å². The van der Waals surface area contributed by atoms with Crippen LogP contribution in [-0.2, 0) is 10.2 Å². The largest absolute Gasteiger partial charge is 0.377 e. The van der Waals surface area contributed by atoms with Gasteiger partial charge in [0, 0.05) is 11.3 Å². The van der Waals surface area contributed by atoms with E-state index in [4.69, 9.17) is 10.3 Å². The Labute approximate surface area is 179 Å². The van der Waals surface area contributed by atoms with Gasteiger partial charge in [-0.1, -0.05) is 56.3 Å². The molecule has 0 bridgehead atoms. The lowest BCUT2D eigenvalue weighted by molar-refractivity contribution is -0.124. The van der Waals surface area contributed by atoms with Gasteiger partial charge in [0.25, 0.3) is 5.91 Å². The summed E-state index contributed by atoms with van der Waals surface area (Å²) in [5, 5.41) is 17.7. The Balaban J connectivity index is 1.52. The van der Waals surface area contributed by atoms with Crippen LogP contribution in [0.1, 0.15) is 38.1 Å². The topological polar surface area (TPSA) is 114 Å². The number of carbonyl (C=O) groups excluding carboxylic acids is 1. The van der Waals surface area contributed by atoms with Crippen LogP contribution in [0.4, 0.5) is 11.6 Å². The standard InChI is InChI=1S/C24H24N4O3/c1-24(2,3)15-9-7-14(8-10-15)18-5-4-6-19(27-18)21(29)23(30)26-16-11-12-17-20(13-16)28-31-22(17)25/h4-13,21,29H,25H2,1-3H3,(H,26,30). The lowest BCUT2D eigenvalue weighted by atomic mass is 9.86. The number of amides is 1. The third-order valence-electron chi connectivity index (χ3n) is 5.12. The number of hydrogen-bond donors (Lipinski definition) is 3. The van der Waals surface area contributed by atoms with Crippen molar-refractivity contribution >= 4 is 28.4 Å². The summed E-state index contributed by atoms with van der Waals surface area (Å²) in [4.78, 5) is 17.1. The fourth-order valence-electron chi connectivity index (χ4n) is 3.29. The van der Waals surface area contributed by atoms with E-state index in [1.54, 1.807) is 30.3 Å². The number of aromatic nitrogens is 2. The van der Waals surface area contributed by atoms with E-state index in [0.717, 1.165) is 5.56 Å². The number of benzene rings is 2. The molecule has 0 saturated carbocycles. The van der Waals surface area contributed by atoms with Gasteiger partial charge in [-0.3, -0.25) is 4.79 Å². The van der Waals surface area contributed by atoms with Crippen LogP contribution in [0.3, 0.4) is 0 Å². The predicted octanol–water partition coefficient (Wildman–Crippen LogP) is 4.44. The second-order valence-corrected chi connectivity index (χ2v) is 8.45. The minimum atomic E-state index is -1.42. The SMILES string of the molecule is CC(C)(C)c1ccc(-c2cccc(C(O)C(=O)Nc3ccc4c(N)onc4c3)n2)cc1. The molecule has 0 aliphatic heterocycles. The Hall–Kier alpha value is -3.71. The molecule has 4 N–H and O–H groups in total. The predicted molar refractivity (Wildman–Crippen MR) is 120 cm³/mol. The van der Waals surface area contributed by atoms with Crippen molar-refractivity contribution in [2.75, 3.05) is 11.1 Å². The van der Waals surface area contributed by atoms with Crippen molar-refractivity contribution in [2.24, 2.45) is 0 Å². The van der Waals surface area contributed by atoms with Crippen molar-refractivity contribution in [3.05, 3.63) is 71.9 Å². The molecule has 0 fully saturated rings. The highest BCUT2D eigenvalue weighted by molar-refractivity contribution is 5.97. The van der Waals surface area contributed by atoms with Crippen molar-refractivity contribution in [1.29, 1.82) is 0 Å². The van der Waals surface area contributed by atoms with Crippen LogP contribution >= 0.6 is 0 Å². The Bertz CT molecular complexity index is 1240. The minimum Gasteiger partial charge on any atom is -0.377 e. The van der Waals surface area contributed by atoms with Crippen molar-refractivity contribution < 1.29 is 14.4 Å². The Morgan fingerprint density at radius 3 is 2.55 bits per heavy atom. The minimum absolute atomic E-state index is 0.0583. The summed E-state index contributed by atoms with van der Waals surface area (Å²) in [7, 11) is 0. The average molecular weight is 416 g/mol. The normalized spacial score (nSPS) is 12.6. The summed E-state index contributed by atoms with van der Waals surface area (Å²) in [5.41, 5.74) is 9.81. The van der Waals surface area contributed by atoms with Gasteiger partial charge in [-0.2, -0.15) is 0 Å². The highest BCUT2D eigenvalue weighted by Crippen LogP contribution is 2.27. The van der Waals surface area contributed by atoms with E-state index in [1.165, 1.54) is 5.56 Å². The van der Waals surface area contributed by atoms with E-state index >= 15 is 0 Å². The lowest BCUT2D eigenvalue weighted by Crippen LogP contribution is -2.21. The highest BCUT2D eigenvalue weighted by Gasteiger charge is 2.20.